The average molecular weight is 617 g/mol. The number of aromatic nitrogens is 4. The van der Waals surface area contributed by atoms with Crippen LogP contribution in [0.15, 0.2) is 155 Å². The quantitative estimate of drug-likeness (QED) is 0.196. The van der Waals surface area contributed by atoms with E-state index in [-0.39, 0.29) is 0 Å². The van der Waals surface area contributed by atoms with E-state index in [0.717, 1.165) is 82.5 Å². The summed E-state index contributed by atoms with van der Waals surface area (Å²) in [5.74, 6) is 1.66. The van der Waals surface area contributed by atoms with E-state index in [1.165, 1.54) is 0 Å². The summed E-state index contributed by atoms with van der Waals surface area (Å²) in [5.41, 5.74) is 7.74. The molecule has 10 aromatic rings. The number of furan rings is 2. The molecule has 0 atom stereocenters. The molecule has 6 aromatic carbocycles. The first-order valence-electron chi connectivity index (χ1n) is 15.8. The Balaban J connectivity index is 1.29. The number of pyridine rings is 1. The molecule has 0 saturated heterocycles. The highest BCUT2D eigenvalue weighted by molar-refractivity contribution is 6.18. The Bertz CT molecular complexity index is 2840. The third-order valence-electron chi connectivity index (χ3n) is 9.02. The van der Waals surface area contributed by atoms with Gasteiger partial charge in [0.05, 0.1) is 5.56 Å². The van der Waals surface area contributed by atoms with E-state index in [9.17, 15) is 0 Å². The van der Waals surface area contributed by atoms with Gasteiger partial charge in [0.15, 0.2) is 17.5 Å². The van der Waals surface area contributed by atoms with E-state index in [1.807, 2.05) is 97.3 Å². The van der Waals surface area contributed by atoms with Crippen molar-refractivity contribution in [1.82, 2.24) is 19.9 Å². The molecule has 0 aliphatic rings. The lowest BCUT2D eigenvalue weighted by molar-refractivity contribution is 0.669. The lowest BCUT2D eigenvalue weighted by atomic mass is 9.97. The zero-order valence-corrected chi connectivity index (χ0v) is 25.5. The Morgan fingerprint density at radius 2 is 1.10 bits per heavy atom. The Kier molecular flexibility index (Phi) is 5.77. The molecule has 10 rings (SSSR count). The van der Waals surface area contributed by atoms with Gasteiger partial charge in [-0.3, -0.25) is 4.98 Å². The van der Waals surface area contributed by atoms with Gasteiger partial charge in [0.2, 0.25) is 0 Å². The second kappa shape index (κ2) is 10.4. The first-order chi connectivity index (χ1) is 23.8. The highest BCUT2D eigenvalue weighted by Crippen LogP contribution is 2.43. The summed E-state index contributed by atoms with van der Waals surface area (Å²) in [6.45, 7) is 0. The predicted molar refractivity (Wildman–Crippen MR) is 191 cm³/mol. The van der Waals surface area contributed by atoms with E-state index >= 15 is 0 Å². The molecular formula is C42H24N4O2. The topological polar surface area (TPSA) is 77.8 Å². The number of nitrogens with zero attached hydrogens (tertiary/aromatic N) is 4. The number of hydrogen-bond donors (Lipinski definition) is 0. The maximum Gasteiger partial charge on any atom is 0.167 e. The first kappa shape index (κ1) is 26.5. The van der Waals surface area contributed by atoms with Crippen LogP contribution in [0.25, 0.3) is 99.9 Å². The van der Waals surface area contributed by atoms with Crippen LogP contribution in [0, 0.1) is 0 Å². The lowest BCUT2D eigenvalue weighted by Gasteiger charge is -2.11. The van der Waals surface area contributed by atoms with E-state index in [0.29, 0.717) is 17.5 Å². The number of fused-ring (bicyclic) bond motifs is 7. The van der Waals surface area contributed by atoms with Crippen LogP contribution < -0.4 is 0 Å². The smallest absolute Gasteiger partial charge is 0.167 e. The molecule has 0 unspecified atom stereocenters. The van der Waals surface area contributed by atoms with Crippen molar-refractivity contribution in [3.8, 4) is 45.3 Å². The Morgan fingerprint density at radius 1 is 0.417 bits per heavy atom. The molecule has 0 fully saturated rings. The maximum absolute atomic E-state index is 6.72. The molecule has 4 heterocycles. The van der Waals surface area contributed by atoms with Gasteiger partial charge >= 0.3 is 0 Å². The Hall–Kier alpha value is -6.66. The molecule has 4 aromatic heterocycles. The summed E-state index contributed by atoms with van der Waals surface area (Å²) in [6, 6.07) is 45.0. The van der Waals surface area contributed by atoms with E-state index in [2.05, 4.69) is 53.5 Å². The molecule has 0 aliphatic carbocycles. The molecule has 224 valence electrons. The molecule has 6 heteroatoms. The van der Waals surface area contributed by atoms with E-state index < -0.39 is 0 Å². The third kappa shape index (κ3) is 4.13. The fraction of sp³-hybridized carbons (Fsp3) is 0. The highest BCUT2D eigenvalue weighted by atomic mass is 16.3. The minimum atomic E-state index is 0.535. The van der Waals surface area contributed by atoms with Crippen molar-refractivity contribution in [2.75, 3.05) is 0 Å². The molecule has 0 amide bonds. The van der Waals surface area contributed by atoms with Crippen molar-refractivity contribution in [1.29, 1.82) is 0 Å². The number of rotatable bonds is 4. The van der Waals surface area contributed by atoms with Crippen LogP contribution in [-0.4, -0.2) is 19.9 Å². The van der Waals surface area contributed by atoms with Crippen LogP contribution in [0.3, 0.4) is 0 Å². The predicted octanol–water partition coefficient (Wildman–Crippen LogP) is 10.9. The molecule has 0 bridgehead atoms. The first-order valence-corrected chi connectivity index (χ1v) is 15.8. The molecule has 6 nitrogen and oxygen atoms in total. The van der Waals surface area contributed by atoms with Gasteiger partial charge in [-0.1, -0.05) is 91.0 Å². The van der Waals surface area contributed by atoms with Crippen LogP contribution in [0.5, 0.6) is 0 Å². The largest absolute Gasteiger partial charge is 0.455 e. The second-order valence-corrected chi connectivity index (χ2v) is 11.9. The van der Waals surface area contributed by atoms with Crippen molar-refractivity contribution in [2.24, 2.45) is 0 Å². The Morgan fingerprint density at radius 3 is 1.96 bits per heavy atom. The summed E-state index contributed by atoms with van der Waals surface area (Å²) in [6.07, 6.45) is 3.68. The van der Waals surface area contributed by atoms with Gasteiger partial charge in [-0.2, -0.15) is 0 Å². The summed E-state index contributed by atoms with van der Waals surface area (Å²) in [4.78, 5) is 19.7. The molecular weight excluding hydrogens is 592 g/mol. The maximum atomic E-state index is 6.72. The molecule has 0 radical (unpaired) electrons. The van der Waals surface area contributed by atoms with E-state index in [1.54, 1.807) is 0 Å². The normalized spacial score (nSPS) is 11.8. The highest BCUT2D eigenvalue weighted by Gasteiger charge is 2.22. The summed E-state index contributed by atoms with van der Waals surface area (Å²) in [5, 5.41) is 6.09. The SMILES string of the molecule is c1ccc(-c2nc(-c3cccc4c3oc3ccccc34)nc(-c3ccc(-c4ccccc4)c4oc5cc6cnccc6cc5c34)n2)cc1. The number of hydrogen-bond acceptors (Lipinski definition) is 6. The fourth-order valence-corrected chi connectivity index (χ4v) is 6.75. The molecule has 0 aliphatic heterocycles. The minimum Gasteiger partial charge on any atom is -0.455 e. The van der Waals surface area contributed by atoms with Crippen LogP contribution >= 0.6 is 0 Å². The molecule has 0 spiro atoms. The van der Waals surface area contributed by atoms with Crippen molar-refractivity contribution in [3.05, 3.63) is 146 Å². The molecule has 0 N–H and O–H groups in total. The van der Waals surface area contributed by atoms with Crippen LogP contribution in [0.2, 0.25) is 0 Å². The van der Waals surface area contributed by atoms with Gasteiger partial charge in [-0.25, -0.2) is 15.0 Å². The van der Waals surface area contributed by atoms with Crippen LogP contribution in [-0.2, 0) is 0 Å². The second-order valence-electron chi connectivity index (χ2n) is 11.9. The third-order valence-corrected chi connectivity index (χ3v) is 9.02. The fourth-order valence-electron chi connectivity index (χ4n) is 6.75. The van der Waals surface area contributed by atoms with Gasteiger partial charge in [0.25, 0.3) is 0 Å². The summed E-state index contributed by atoms with van der Waals surface area (Å²) in [7, 11) is 0. The number of benzene rings is 6. The van der Waals surface area contributed by atoms with Gasteiger partial charge in [0.1, 0.15) is 22.3 Å². The monoisotopic (exact) mass is 616 g/mol. The van der Waals surface area contributed by atoms with Crippen LogP contribution in [0.4, 0.5) is 0 Å². The lowest BCUT2D eigenvalue weighted by Crippen LogP contribution is -2.00. The van der Waals surface area contributed by atoms with Gasteiger partial charge in [-0.05, 0) is 53.4 Å². The average Bonchev–Trinajstić information content (AvgIpc) is 3.72. The minimum absolute atomic E-state index is 0.535. The van der Waals surface area contributed by atoms with E-state index in [4.69, 9.17) is 23.8 Å². The zero-order valence-electron chi connectivity index (χ0n) is 25.5. The van der Waals surface area contributed by atoms with Gasteiger partial charge < -0.3 is 8.83 Å². The molecule has 48 heavy (non-hydrogen) atoms. The van der Waals surface area contributed by atoms with Crippen molar-refractivity contribution < 1.29 is 8.83 Å². The van der Waals surface area contributed by atoms with Crippen molar-refractivity contribution in [2.45, 2.75) is 0 Å². The Labute approximate surface area is 274 Å². The van der Waals surface area contributed by atoms with Gasteiger partial charge in [0, 0.05) is 56.0 Å². The van der Waals surface area contributed by atoms with Crippen molar-refractivity contribution >= 4 is 54.6 Å². The zero-order chi connectivity index (χ0) is 31.6. The molecule has 0 saturated carbocycles. The summed E-state index contributed by atoms with van der Waals surface area (Å²) < 4.78 is 13.1. The van der Waals surface area contributed by atoms with Gasteiger partial charge in [-0.15, -0.1) is 0 Å². The van der Waals surface area contributed by atoms with Crippen molar-refractivity contribution in [3.63, 3.8) is 0 Å². The number of para-hydroxylation sites is 2. The standard InChI is InChI=1S/C42H24N4O2/c1-3-10-25(11-4-1)29-18-19-32(37-34-22-27-20-21-43-24-28(27)23-36(34)48-39(29)37)41-44-40(26-12-5-2-6-13-26)45-42(46-41)33-16-9-15-31-30-14-7-8-17-35(30)47-38(31)33/h1-24H. The summed E-state index contributed by atoms with van der Waals surface area (Å²) >= 11 is 0. The van der Waals surface area contributed by atoms with Crippen LogP contribution in [0.1, 0.15) is 0 Å².